The van der Waals surface area contributed by atoms with Crippen molar-refractivity contribution in [1.82, 2.24) is 4.98 Å². The Morgan fingerprint density at radius 2 is 1.91 bits per heavy atom. The van der Waals surface area contributed by atoms with E-state index in [0.717, 1.165) is 16.8 Å². The third kappa shape index (κ3) is 6.11. The van der Waals surface area contributed by atoms with Crippen molar-refractivity contribution in [2.45, 2.75) is 39.4 Å². The summed E-state index contributed by atoms with van der Waals surface area (Å²) in [6, 6.07) is 15.2. The third-order valence-corrected chi connectivity index (χ3v) is 4.66. The molecule has 7 heteroatoms. The molecule has 0 radical (unpaired) electrons. The Morgan fingerprint density at radius 3 is 2.62 bits per heavy atom. The first-order chi connectivity index (χ1) is 15.4. The van der Waals surface area contributed by atoms with E-state index in [4.69, 9.17) is 23.4 Å². The number of benzene rings is 2. The average Bonchev–Trinajstić information content (AvgIpc) is 3.25. The Labute approximate surface area is 188 Å². The number of aromatic nitrogens is 1. The Balaban J connectivity index is 1.62. The maximum absolute atomic E-state index is 12.2. The number of nitrogens with zero attached hydrogens (tertiary/aromatic N) is 1. The van der Waals surface area contributed by atoms with Gasteiger partial charge in [-0.05, 0) is 51.1 Å². The van der Waals surface area contributed by atoms with Crippen LogP contribution in [0.1, 0.15) is 32.0 Å². The highest BCUT2D eigenvalue weighted by Gasteiger charge is 2.32. The van der Waals surface area contributed by atoms with Gasteiger partial charge in [0.25, 0.3) is 0 Å². The SMILES string of the molecule is CCOC(=O)C(C)(C)Oc1ccc(OCCc2coc(-c3ccccc3)n2)cc1COC. The fourth-order valence-electron chi connectivity index (χ4n) is 3.04. The van der Waals surface area contributed by atoms with E-state index in [-0.39, 0.29) is 0 Å². The summed E-state index contributed by atoms with van der Waals surface area (Å²) in [5.74, 6) is 1.38. The molecule has 0 saturated carbocycles. The molecule has 2 aromatic carbocycles. The molecular formula is C25H29NO6. The molecule has 0 amide bonds. The highest BCUT2D eigenvalue weighted by molar-refractivity contribution is 5.79. The number of methoxy groups -OCH3 is 1. The van der Waals surface area contributed by atoms with Gasteiger partial charge in [0.1, 0.15) is 17.8 Å². The maximum Gasteiger partial charge on any atom is 0.349 e. The molecule has 0 aliphatic carbocycles. The van der Waals surface area contributed by atoms with Crippen LogP contribution in [0.4, 0.5) is 0 Å². The minimum absolute atomic E-state index is 0.293. The molecule has 0 spiro atoms. The van der Waals surface area contributed by atoms with E-state index in [1.54, 1.807) is 46.3 Å². The van der Waals surface area contributed by atoms with Crippen molar-refractivity contribution in [3.8, 4) is 23.0 Å². The van der Waals surface area contributed by atoms with Crippen molar-refractivity contribution in [3.05, 3.63) is 66.1 Å². The summed E-state index contributed by atoms with van der Waals surface area (Å²) in [6.07, 6.45) is 2.25. The van der Waals surface area contributed by atoms with E-state index < -0.39 is 11.6 Å². The molecule has 7 nitrogen and oxygen atoms in total. The lowest BCUT2D eigenvalue weighted by molar-refractivity contribution is -0.158. The van der Waals surface area contributed by atoms with Crippen LogP contribution in [0.15, 0.2) is 59.2 Å². The number of carbonyl (C=O) groups is 1. The summed E-state index contributed by atoms with van der Waals surface area (Å²) in [5, 5.41) is 0. The zero-order valence-corrected chi connectivity index (χ0v) is 18.9. The summed E-state index contributed by atoms with van der Waals surface area (Å²) >= 11 is 0. The molecule has 32 heavy (non-hydrogen) atoms. The summed E-state index contributed by atoms with van der Waals surface area (Å²) < 4.78 is 27.8. The van der Waals surface area contributed by atoms with E-state index in [1.165, 1.54) is 0 Å². The lowest BCUT2D eigenvalue weighted by atomic mass is 10.1. The molecule has 0 N–H and O–H groups in total. The van der Waals surface area contributed by atoms with Gasteiger partial charge >= 0.3 is 5.97 Å². The van der Waals surface area contributed by atoms with Gasteiger partial charge < -0.3 is 23.4 Å². The second kappa shape index (κ2) is 10.8. The Hall–Kier alpha value is -3.32. The fraction of sp³-hybridized carbons (Fsp3) is 0.360. The van der Waals surface area contributed by atoms with Crippen molar-refractivity contribution < 1.29 is 28.2 Å². The van der Waals surface area contributed by atoms with Gasteiger partial charge in [-0.2, -0.15) is 0 Å². The van der Waals surface area contributed by atoms with E-state index in [1.807, 2.05) is 36.4 Å². The van der Waals surface area contributed by atoms with Crippen LogP contribution in [0.25, 0.3) is 11.5 Å². The Kier molecular flexibility index (Phi) is 7.89. The summed E-state index contributed by atoms with van der Waals surface area (Å²) in [7, 11) is 1.60. The zero-order valence-electron chi connectivity index (χ0n) is 18.9. The largest absolute Gasteiger partial charge is 0.493 e. The van der Waals surface area contributed by atoms with Gasteiger partial charge in [-0.3, -0.25) is 0 Å². The standard InChI is InChI=1S/C25H29NO6/c1-5-29-24(27)25(2,3)32-22-12-11-21(15-19(22)16-28-4)30-14-13-20-17-31-23(26-20)18-9-7-6-8-10-18/h6-12,15,17H,5,13-14,16H2,1-4H3. The molecule has 1 aromatic heterocycles. The minimum atomic E-state index is -1.12. The molecular weight excluding hydrogens is 410 g/mol. The van der Waals surface area contributed by atoms with Crippen LogP contribution < -0.4 is 9.47 Å². The quantitative estimate of drug-likeness (QED) is 0.396. The van der Waals surface area contributed by atoms with Crippen molar-refractivity contribution in [1.29, 1.82) is 0 Å². The number of hydrogen-bond acceptors (Lipinski definition) is 7. The van der Waals surface area contributed by atoms with E-state index >= 15 is 0 Å². The first kappa shape index (κ1) is 23.3. The van der Waals surface area contributed by atoms with Crippen molar-refractivity contribution in [2.75, 3.05) is 20.3 Å². The first-order valence-corrected chi connectivity index (χ1v) is 10.5. The van der Waals surface area contributed by atoms with Crippen molar-refractivity contribution in [3.63, 3.8) is 0 Å². The number of oxazole rings is 1. The second-order valence-electron chi connectivity index (χ2n) is 7.64. The van der Waals surface area contributed by atoms with E-state index in [0.29, 0.717) is 43.6 Å². The first-order valence-electron chi connectivity index (χ1n) is 10.5. The summed E-state index contributed by atoms with van der Waals surface area (Å²) in [4.78, 5) is 16.7. The van der Waals surface area contributed by atoms with Gasteiger partial charge in [-0.25, -0.2) is 9.78 Å². The fourth-order valence-corrected chi connectivity index (χ4v) is 3.04. The van der Waals surface area contributed by atoms with Gasteiger partial charge in [0.05, 0.1) is 25.5 Å². The molecule has 0 atom stereocenters. The predicted octanol–water partition coefficient (Wildman–Crippen LogP) is 4.83. The third-order valence-electron chi connectivity index (χ3n) is 4.66. The molecule has 0 bridgehead atoms. The Bertz CT molecular complexity index is 1010. The normalized spacial score (nSPS) is 11.2. The number of hydrogen-bond donors (Lipinski definition) is 0. The molecule has 1 heterocycles. The second-order valence-corrected chi connectivity index (χ2v) is 7.64. The highest BCUT2D eigenvalue weighted by Crippen LogP contribution is 2.29. The summed E-state index contributed by atoms with van der Waals surface area (Å²) in [5.41, 5.74) is 1.40. The van der Waals surface area contributed by atoms with E-state index in [2.05, 4.69) is 4.98 Å². The topological polar surface area (TPSA) is 80.0 Å². The van der Waals surface area contributed by atoms with Crippen LogP contribution in [-0.4, -0.2) is 36.9 Å². The van der Waals surface area contributed by atoms with Gasteiger partial charge in [-0.1, -0.05) is 18.2 Å². The molecule has 0 fully saturated rings. The van der Waals surface area contributed by atoms with Crippen molar-refractivity contribution in [2.24, 2.45) is 0 Å². The van der Waals surface area contributed by atoms with E-state index in [9.17, 15) is 4.79 Å². The van der Waals surface area contributed by atoms with Crippen LogP contribution in [0, 0.1) is 0 Å². The van der Waals surface area contributed by atoms with Crippen LogP contribution >= 0.6 is 0 Å². The molecule has 0 saturated heterocycles. The van der Waals surface area contributed by atoms with Crippen LogP contribution in [-0.2, 0) is 27.3 Å². The lowest BCUT2D eigenvalue weighted by Crippen LogP contribution is -2.40. The predicted molar refractivity (Wildman–Crippen MR) is 120 cm³/mol. The molecule has 170 valence electrons. The van der Waals surface area contributed by atoms with Crippen LogP contribution in [0.5, 0.6) is 11.5 Å². The van der Waals surface area contributed by atoms with Gasteiger partial charge in [-0.15, -0.1) is 0 Å². The van der Waals surface area contributed by atoms with Crippen LogP contribution in [0.2, 0.25) is 0 Å². The molecule has 3 rings (SSSR count). The molecule has 3 aromatic rings. The van der Waals surface area contributed by atoms with Gasteiger partial charge in [0.2, 0.25) is 5.89 Å². The average molecular weight is 440 g/mol. The highest BCUT2D eigenvalue weighted by atomic mass is 16.6. The number of carbonyl (C=O) groups excluding carboxylic acids is 1. The number of rotatable bonds is 11. The number of esters is 1. The minimum Gasteiger partial charge on any atom is -0.493 e. The van der Waals surface area contributed by atoms with Crippen molar-refractivity contribution >= 4 is 5.97 Å². The van der Waals surface area contributed by atoms with Gasteiger partial charge in [0, 0.05) is 24.7 Å². The summed E-state index contributed by atoms with van der Waals surface area (Å²) in [6.45, 7) is 6.15. The van der Waals surface area contributed by atoms with Gasteiger partial charge in [0.15, 0.2) is 5.60 Å². The smallest absolute Gasteiger partial charge is 0.349 e. The monoisotopic (exact) mass is 439 g/mol. The molecule has 0 aliphatic rings. The lowest BCUT2D eigenvalue weighted by Gasteiger charge is -2.25. The number of ether oxygens (including phenoxy) is 4. The maximum atomic E-state index is 12.2. The zero-order chi connectivity index (χ0) is 23.0. The molecule has 0 aliphatic heterocycles. The molecule has 0 unspecified atom stereocenters. The Morgan fingerprint density at radius 1 is 1.12 bits per heavy atom. The van der Waals surface area contributed by atoms with Crippen LogP contribution in [0.3, 0.4) is 0 Å².